The van der Waals surface area contributed by atoms with E-state index in [2.05, 4.69) is 20.2 Å². The number of hydrogen-bond donors (Lipinski definition) is 1. The van der Waals surface area contributed by atoms with Crippen LogP contribution in [0.5, 0.6) is 11.6 Å². The topological polar surface area (TPSA) is 96.9 Å². The van der Waals surface area contributed by atoms with Gasteiger partial charge in [0.15, 0.2) is 5.82 Å². The van der Waals surface area contributed by atoms with Crippen LogP contribution in [-0.4, -0.2) is 64.7 Å². The van der Waals surface area contributed by atoms with Gasteiger partial charge in [-0.1, -0.05) is 0 Å². The number of amides is 2. The summed E-state index contributed by atoms with van der Waals surface area (Å²) in [4.78, 5) is 37.8. The number of ether oxygens (including phenoxy) is 2. The summed E-state index contributed by atoms with van der Waals surface area (Å²) in [5.74, 6) is 1.70. The lowest BCUT2D eigenvalue weighted by atomic mass is 10.0. The van der Waals surface area contributed by atoms with Gasteiger partial charge in [0.2, 0.25) is 0 Å². The highest BCUT2D eigenvalue weighted by atomic mass is 16.6. The minimum Gasteiger partial charge on any atom is -0.444 e. The molecule has 3 heterocycles. The van der Waals surface area contributed by atoms with Gasteiger partial charge in [0.05, 0.1) is 0 Å². The summed E-state index contributed by atoms with van der Waals surface area (Å²) in [6, 6.07) is 7.06. The molecule has 1 aromatic carbocycles. The van der Waals surface area contributed by atoms with Gasteiger partial charge in [-0.2, -0.15) is 0 Å². The molecule has 1 aromatic heterocycles. The molecule has 0 atom stereocenters. The lowest BCUT2D eigenvalue weighted by Crippen LogP contribution is -2.47. The van der Waals surface area contributed by atoms with E-state index in [1.807, 2.05) is 20.8 Å². The fourth-order valence-corrected chi connectivity index (χ4v) is 4.30. The van der Waals surface area contributed by atoms with Crippen LogP contribution in [-0.2, 0) is 4.74 Å². The molecule has 0 spiro atoms. The molecule has 9 nitrogen and oxygen atoms in total. The first-order valence-electron chi connectivity index (χ1n) is 12.4. The fraction of sp³-hybridized carbons (Fsp3) is 0.538. The molecule has 2 amide bonds. The average Bonchev–Trinajstić information content (AvgIpc) is 2.85. The second kappa shape index (κ2) is 10.9. The minimum atomic E-state index is -0.514. The molecule has 0 unspecified atom stereocenters. The normalized spacial score (nSPS) is 17.1. The zero-order valence-corrected chi connectivity index (χ0v) is 20.8. The van der Waals surface area contributed by atoms with Gasteiger partial charge in [-0.25, -0.2) is 14.8 Å². The van der Waals surface area contributed by atoms with Crippen LogP contribution in [0.4, 0.5) is 10.6 Å². The van der Waals surface area contributed by atoms with Crippen LogP contribution in [0.25, 0.3) is 0 Å². The quantitative estimate of drug-likeness (QED) is 0.676. The number of nitrogens with one attached hydrogen (secondary N) is 1. The van der Waals surface area contributed by atoms with Gasteiger partial charge in [-0.05, 0) is 77.1 Å². The highest BCUT2D eigenvalue weighted by Gasteiger charge is 2.27. The maximum Gasteiger partial charge on any atom is 0.410 e. The molecule has 188 valence electrons. The fourth-order valence-electron chi connectivity index (χ4n) is 4.30. The highest BCUT2D eigenvalue weighted by molar-refractivity contribution is 5.94. The summed E-state index contributed by atoms with van der Waals surface area (Å²) in [7, 11) is 0. The summed E-state index contributed by atoms with van der Waals surface area (Å²) < 4.78 is 11.5. The van der Waals surface area contributed by atoms with Gasteiger partial charge in [0.25, 0.3) is 11.8 Å². The second-order valence-corrected chi connectivity index (χ2v) is 10.1. The van der Waals surface area contributed by atoms with Gasteiger partial charge in [0, 0.05) is 50.2 Å². The van der Waals surface area contributed by atoms with Gasteiger partial charge < -0.3 is 24.6 Å². The van der Waals surface area contributed by atoms with E-state index in [0.29, 0.717) is 43.1 Å². The summed E-state index contributed by atoms with van der Waals surface area (Å²) in [6.45, 7) is 8.59. The number of carbonyl (C=O) groups is 2. The molecular weight excluding hydrogens is 446 g/mol. The molecule has 2 aliphatic rings. The monoisotopic (exact) mass is 481 g/mol. The van der Waals surface area contributed by atoms with Crippen LogP contribution in [0.2, 0.25) is 0 Å². The second-order valence-electron chi connectivity index (χ2n) is 10.1. The third-order valence-electron chi connectivity index (χ3n) is 6.12. The van der Waals surface area contributed by atoms with Crippen LogP contribution < -0.4 is 15.0 Å². The first-order valence-corrected chi connectivity index (χ1v) is 12.4. The van der Waals surface area contributed by atoms with E-state index < -0.39 is 5.60 Å². The first-order chi connectivity index (χ1) is 16.8. The van der Waals surface area contributed by atoms with E-state index in [4.69, 9.17) is 9.47 Å². The Morgan fingerprint density at radius 3 is 2.26 bits per heavy atom. The third-order valence-corrected chi connectivity index (χ3v) is 6.12. The Morgan fingerprint density at radius 1 is 0.943 bits per heavy atom. The van der Waals surface area contributed by atoms with E-state index in [1.54, 1.807) is 41.6 Å². The molecule has 0 radical (unpaired) electrons. The maximum absolute atomic E-state index is 12.8. The molecule has 0 aliphatic carbocycles. The number of nitrogens with zero attached hydrogens (tertiary/aromatic N) is 4. The Labute approximate surface area is 206 Å². The highest BCUT2D eigenvalue weighted by Crippen LogP contribution is 2.30. The predicted molar refractivity (Wildman–Crippen MR) is 133 cm³/mol. The molecule has 0 bridgehead atoms. The van der Waals surface area contributed by atoms with Gasteiger partial charge >= 0.3 is 6.09 Å². The zero-order valence-electron chi connectivity index (χ0n) is 20.8. The molecule has 2 aliphatic heterocycles. The van der Waals surface area contributed by atoms with E-state index in [0.717, 1.165) is 31.7 Å². The average molecular weight is 482 g/mol. The third kappa shape index (κ3) is 6.83. The molecule has 2 fully saturated rings. The van der Waals surface area contributed by atoms with Gasteiger partial charge in [-0.3, -0.25) is 4.79 Å². The number of anilines is 1. The molecule has 35 heavy (non-hydrogen) atoms. The largest absolute Gasteiger partial charge is 0.444 e. The Balaban J connectivity index is 1.30. The molecule has 2 saturated heterocycles. The molecule has 4 rings (SSSR count). The lowest BCUT2D eigenvalue weighted by molar-refractivity contribution is 0.0199. The van der Waals surface area contributed by atoms with Crippen molar-refractivity contribution in [3.8, 4) is 11.6 Å². The Bertz CT molecular complexity index is 1010. The van der Waals surface area contributed by atoms with Crippen molar-refractivity contribution in [2.45, 2.75) is 64.5 Å². The number of rotatable bonds is 5. The van der Waals surface area contributed by atoms with Crippen molar-refractivity contribution in [3.05, 3.63) is 42.2 Å². The molecule has 1 N–H and O–H groups in total. The van der Waals surface area contributed by atoms with Gasteiger partial charge in [-0.15, -0.1) is 0 Å². The summed E-state index contributed by atoms with van der Waals surface area (Å²) in [5.41, 5.74) is 0.0440. The van der Waals surface area contributed by atoms with Crippen molar-refractivity contribution in [1.29, 1.82) is 0 Å². The minimum absolute atomic E-state index is 0.0174. The van der Waals surface area contributed by atoms with E-state index in [-0.39, 0.29) is 18.0 Å². The molecular formula is C26H35N5O4. The predicted octanol–water partition coefficient (Wildman–Crippen LogP) is 4.39. The Hall–Kier alpha value is -3.36. The van der Waals surface area contributed by atoms with Crippen LogP contribution in [0.15, 0.2) is 36.7 Å². The Kier molecular flexibility index (Phi) is 7.73. The molecule has 9 heteroatoms. The maximum atomic E-state index is 12.8. The number of likely N-dealkylation sites (tertiary alicyclic amines) is 1. The van der Waals surface area contributed by atoms with Crippen molar-refractivity contribution in [2.75, 3.05) is 31.1 Å². The Morgan fingerprint density at radius 2 is 1.60 bits per heavy atom. The molecule has 2 aromatic rings. The van der Waals surface area contributed by atoms with Crippen LogP contribution >= 0.6 is 0 Å². The van der Waals surface area contributed by atoms with Crippen molar-refractivity contribution in [3.63, 3.8) is 0 Å². The van der Waals surface area contributed by atoms with Crippen LogP contribution in [0, 0.1) is 0 Å². The van der Waals surface area contributed by atoms with Crippen LogP contribution in [0.1, 0.15) is 63.2 Å². The van der Waals surface area contributed by atoms with Crippen molar-refractivity contribution in [1.82, 2.24) is 20.2 Å². The number of piperidine rings is 2. The first kappa shape index (κ1) is 24.8. The number of aromatic nitrogens is 2. The summed E-state index contributed by atoms with van der Waals surface area (Å²) in [5, 5.41) is 3.08. The van der Waals surface area contributed by atoms with E-state index in [1.165, 1.54) is 6.42 Å². The van der Waals surface area contributed by atoms with Crippen molar-refractivity contribution >= 4 is 17.8 Å². The number of carbonyl (C=O) groups excluding carboxylic acids is 2. The van der Waals surface area contributed by atoms with E-state index >= 15 is 0 Å². The van der Waals surface area contributed by atoms with Crippen molar-refractivity contribution < 1.29 is 19.1 Å². The molecule has 0 saturated carbocycles. The SMILES string of the molecule is CC(C)(C)OC(=O)N1CCC(NC(=O)c2ccc(Oc3nccnc3N3CCCCC3)cc2)CC1. The number of hydrogen-bond acceptors (Lipinski definition) is 7. The smallest absolute Gasteiger partial charge is 0.410 e. The van der Waals surface area contributed by atoms with Crippen molar-refractivity contribution in [2.24, 2.45) is 0 Å². The zero-order chi connectivity index (χ0) is 24.8. The van der Waals surface area contributed by atoms with E-state index in [9.17, 15) is 9.59 Å². The number of benzene rings is 1. The summed E-state index contributed by atoms with van der Waals surface area (Å²) in [6.07, 6.45) is 7.90. The summed E-state index contributed by atoms with van der Waals surface area (Å²) >= 11 is 0. The van der Waals surface area contributed by atoms with Crippen LogP contribution in [0.3, 0.4) is 0 Å². The standard InChI is InChI=1S/C26H35N5O4/c1-26(2,3)35-25(33)31-17-11-20(12-18-31)29-23(32)19-7-9-21(10-8-19)34-24-22(27-13-14-28-24)30-15-5-4-6-16-30/h7-10,13-14,20H,4-6,11-12,15-18H2,1-3H3,(H,29,32). The lowest BCUT2D eigenvalue weighted by Gasteiger charge is -2.33. The van der Waals surface area contributed by atoms with Gasteiger partial charge in [0.1, 0.15) is 11.4 Å².